The van der Waals surface area contributed by atoms with Crippen molar-refractivity contribution in [2.75, 3.05) is 18.1 Å². The molecule has 26 heavy (non-hydrogen) atoms. The molecule has 1 heterocycles. The number of anilines is 1. The van der Waals surface area contributed by atoms with Gasteiger partial charge in [0.1, 0.15) is 5.82 Å². The molecule has 0 radical (unpaired) electrons. The number of rotatable bonds is 5. The Kier molecular flexibility index (Phi) is 5.11. The second-order valence-electron chi connectivity index (χ2n) is 6.23. The summed E-state index contributed by atoms with van der Waals surface area (Å²) in [7, 11) is 0. The summed E-state index contributed by atoms with van der Waals surface area (Å²) in [5.41, 5.74) is 1.99. The number of esters is 1. The minimum atomic E-state index is -0.608. The molecule has 2 aromatic carbocycles. The number of carbonyl (C=O) groups excluding carboxylic acids is 3. The fourth-order valence-electron chi connectivity index (χ4n) is 2.94. The first-order valence-corrected chi connectivity index (χ1v) is 8.27. The van der Waals surface area contributed by atoms with Crippen LogP contribution in [0, 0.1) is 18.7 Å². The van der Waals surface area contributed by atoms with Crippen LogP contribution in [0.4, 0.5) is 10.1 Å². The van der Waals surface area contributed by atoms with Gasteiger partial charge in [-0.15, -0.1) is 0 Å². The van der Waals surface area contributed by atoms with E-state index in [-0.39, 0.29) is 24.4 Å². The van der Waals surface area contributed by atoms with E-state index < -0.39 is 30.1 Å². The molecular formula is C20H18FNO4. The van der Waals surface area contributed by atoms with Crippen molar-refractivity contribution in [3.8, 4) is 0 Å². The lowest BCUT2D eigenvalue weighted by atomic mass is 10.1. The van der Waals surface area contributed by atoms with Crippen LogP contribution in [0.1, 0.15) is 22.3 Å². The van der Waals surface area contributed by atoms with Crippen molar-refractivity contribution in [1.82, 2.24) is 0 Å². The molecule has 0 N–H and O–H groups in total. The highest BCUT2D eigenvalue weighted by Gasteiger charge is 2.36. The lowest BCUT2D eigenvalue weighted by molar-refractivity contribution is -0.147. The van der Waals surface area contributed by atoms with Gasteiger partial charge in [0, 0.05) is 24.2 Å². The van der Waals surface area contributed by atoms with E-state index in [9.17, 15) is 18.8 Å². The van der Waals surface area contributed by atoms with Crippen molar-refractivity contribution >= 4 is 23.3 Å². The summed E-state index contributed by atoms with van der Waals surface area (Å²) >= 11 is 0. The number of ether oxygens (including phenoxy) is 1. The second-order valence-corrected chi connectivity index (χ2v) is 6.23. The number of benzene rings is 2. The van der Waals surface area contributed by atoms with Crippen LogP contribution in [-0.4, -0.2) is 30.8 Å². The van der Waals surface area contributed by atoms with E-state index >= 15 is 0 Å². The molecule has 134 valence electrons. The topological polar surface area (TPSA) is 63.7 Å². The Labute approximate surface area is 150 Å². The molecule has 6 heteroatoms. The van der Waals surface area contributed by atoms with Crippen molar-refractivity contribution < 1.29 is 23.5 Å². The zero-order valence-electron chi connectivity index (χ0n) is 14.3. The number of halogens is 1. The van der Waals surface area contributed by atoms with Crippen LogP contribution < -0.4 is 4.90 Å². The molecule has 0 unspecified atom stereocenters. The van der Waals surface area contributed by atoms with Crippen molar-refractivity contribution in [2.45, 2.75) is 13.3 Å². The van der Waals surface area contributed by atoms with E-state index in [1.165, 1.54) is 24.3 Å². The molecule has 1 saturated heterocycles. The second kappa shape index (κ2) is 7.47. The summed E-state index contributed by atoms with van der Waals surface area (Å²) in [6.45, 7) is 1.70. The Morgan fingerprint density at radius 2 is 1.85 bits per heavy atom. The van der Waals surface area contributed by atoms with Gasteiger partial charge in [0.25, 0.3) is 0 Å². The van der Waals surface area contributed by atoms with Gasteiger partial charge in [-0.05, 0) is 42.8 Å². The first-order chi connectivity index (χ1) is 12.5. The monoisotopic (exact) mass is 355 g/mol. The fourth-order valence-corrected chi connectivity index (χ4v) is 2.94. The van der Waals surface area contributed by atoms with Crippen LogP contribution in [0.2, 0.25) is 0 Å². The van der Waals surface area contributed by atoms with Gasteiger partial charge in [-0.3, -0.25) is 14.4 Å². The molecule has 1 atom stereocenters. The molecule has 1 aliphatic heterocycles. The Balaban J connectivity index is 1.59. The smallest absolute Gasteiger partial charge is 0.311 e. The highest BCUT2D eigenvalue weighted by molar-refractivity contribution is 6.01. The Morgan fingerprint density at radius 1 is 1.15 bits per heavy atom. The maximum absolute atomic E-state index is 12.9. The zero-order chi connectivity index (χ0) is 18.7. The predicted octanol–water partition coefficient (Wildman–Crippen LogP) is 2.91. The summed E-state index contributed by atoms with van der Waals surface area (Å²) in [6.07, 6.45) is 0.0535. The number of hydrogen-bond donors (Lipinski definition) is 0. The number of hydrogen-bond acceptors (Lipinski definition) is 4. The average Bonchev–Trinajstić information content (AvgIpc) is 3.02. The van der Waals surface area contributed by atoms with E-state index in [1.807, 2.05) is 31.2 Å². The summed E-state index contributed by atoms with van der Waals surface area (Å²) in [5, 5.41) is 0. The van der Waals surface area contributed by atoms with Gasteiger partial charge in [0.05, 0.1) is 5.92 Å². The fraction of sp³-hybridized carbons (Fsp3) is 0.250. The van der Waals surface area contributed by atoms with Crippen molar-refractivity contribution in [3.05, 3.63) is 65.5 Å². The van der Waals surface area contributed by atoms with Crippen LogP contribution in [-0.2, 0) is 14.3 Å². The van der Waals surface area contributed by atoms with E-state index in [4.69, 9.17) is 4.74 Å². The predicted molar refractivity (Wildman–Crippen MR) is 93.3 cm³/mol. The summed E-state index contributed by atoms with van der Waals surface area (Å²) in [6, 6.07) is 12.5. The number of para-hydroxylation sites is 1. The molecule has 0 saturated carbocycles. The van der Waals surface area contributed by atoms with E-state index in [0.717, 1.165) is 11.3 Å². The minimum Gasteiger partial charge on any atom is -0.457 e. The van der Waals surface area contributed by atoms with Crippen molar-refractivity contribution in [1.29, 1.82) is 0 Å². The molecule has 0 spiro atoms. The van der Waals surface area contributed by atoms with E-state index in [0.29, 0.717) is 0 Å². The van der Waals surface area contributed by atoms with Gasteiger partial charge in [-0.25, -0.2) is 4.39 Å². The highest BCUT2D eigenvalue weighted by Crippen LogP contribution is 2.28. The molecule has 0 bridgehead atoms. The molecule has 2 aromatic rings. The molecule has 3 rings (SSSR count). The van der Waals surface area contributed by atoms with Crippen LogP contribution in [0.5, 0.6) is 0 Å². The number of Topliss-reactive ketones (excluding diaryl/α,β-unsaturated/α-hetero) is 1. The van der Waals surface area contributed by atoms with Crippen LogP contribution in [0.25, 0.3) is 0 Å². The number of amides is 1. The van der Waals surface area contributed by atoms with Crippen molar-refractivity contribution in [3.63, 3.8) is 0 Å². The SMILES string of the molecule is Cc1ccccc1N1C[C@H](C(=O)OCC(=O)c2ccc(F)cc2)CC1=O. The molecular weight excluding hydrogens is 337 g/mol. The molecule has 1 amide bonds. The molecule has 1 aliphatic rings. The Bertz CT molecular complexity index is 847. The molecule has 0 aliphatic carbocycles. The van der Waals surface area contributed by atoms with Crippen molar-refractivity contribution in [2.24, 2.45) is 5.92 Å². The lowest BCUT2D eigenvalue weighted by Crippen LogP contribution is -2.27. The largest absolute Gasteiger partial charge is 0.457 e. The van der Waals surface area contributed by atoms with E-state index in [1.54, 1.807) is 4.90 Å². The maximum Gasteiger partial charge on any atom is 0.311 e. The third-order valence-corrected chi connectivity index (χ3v) is 4.38. The zero-order valence-corrected chi connectivity index (χ0v) is 14.3. The van der Waals surface area contributed by atoms with Gasteiger partial charge in [0.15, 0.2) is 12.4 Å². The van der Waals surface area contributed by atoms with Gasteiger partial charge in [-0.1, -0.05) is 18.2 Å². The third-order valence-electron chi connectivity index (χ3n) is 4.38. The van der Waals surface area contributed by atoms with Gasteiger partial charge < -0.3 is 9.64 Å². The van der Waals surface area contributed by atoms with Crippen LogP contribution >= 0.6 is 0 Å². The number of nitrogens with zero attached hydrogens (tertiary/aromatic N) is 1. The average molecular weight is 355 g/mol. The van der Waals surface area contributed by atoms with E-state index in [2.05, 4.69) is 0 Å². The number of ketones is 1. The first kappa shape index (κ1) is 17.8. The maximum atomic E-state index is 12.9. The quantitative estimate of drug-likeness (QED) is 0.611. The first-order valence-electron chi connectivity index (χ1n) is 8.27. The summed E-state index contributed by atoms with van der Waals surface area (Å²) in [5.74, 6) is -2.20. The van der Waals surface area contributed by atoms with Gasteiger partial charge >= 0.3 is 5.97 Å². The number of aryl methyl sites for hydroxylation is 1. The molecule has 1 fully saturated rings. The highest BCUT2D eigenvalue weighted by atomic mass is 19.1. The number of carbonyl (C=O) groups is 3. The summed E-state index contributed by atoms with van der Waals surface area (Å²) < 4.78 is 18.0. The van der Waals surface area contributed by atoms with Crippen LogP contribution in [0.3, 0.4) is 0 Å². The Hall–Kier alpha value is -3.02. The molecule has 5 nitrogen and oxygen atoms in total. The lowest BCUT2D eigenvalue weighted by Gasteiger charge is -2.18. The molecule has 0 aromatic heterocycles. The normalized spacial score (nSPS) is 16.6. The minimum absolute atomic E-state index is 0.0535. The Morgan fingerprint density at radius 3 is 2.54 bits per heavy atom. The van der Waals surface area contributed by atoms with Crippen LogP contribution in [0.15, 0.2) is 48.5 Å². The third kappa shape index (κ3) is 3.79. The summed E-state index contributed by atoms with van der Waals surface area (Å²) in [4.78, 5) is 38.0. The standard InChI is InChI=1S/C20H18FNO4/c1-13-4-2-3-5-17(13)22-11-15(10-19(22)24)20(25)26-12-18(23)14-6-8-16(21)9-7-14/h2-9,15H,10-12H2,1H3/t15-/m1/s1. The van der Waals surface area contributed by atoms with Gasteiger partial charge in [0.2, 0.25) is 5.91 Å². The van der Waals surface area contributed by atoms with Gasteiger partial charge in [-0.2, -0.15) is 0 Å².